The molecule has 0 fully saturated rings. The molecule has 0 aliphatic carbocycles. The number of pyridine rings is 2. The van der Waals surface area contributed by atoms with Crippen LogP contribution in [0.5, 0.6) is 0 Å². The first kappa shape index (κ1) is 17.7. The van der Waals surface area contributed by atoms with Gasteiger partial charge in [-0.1, -0.05) is 0 Å². The Morgan fingerprint density at radius 1 is 1.32 bits per heavy atom. The minimum atomic E-state index is -0.351. The average molecular weight is 376 g/mol. The molecule has 1 amide bonds. The van der Waals surface area contributed by atoms with Crippen molar-refractivity contribution in [2.75, 3.05) is 24.6 Å². The molecule has 0 saturated carbocycles. The van der Waals surface area contributed by atoms with E-state index in [4.69, 9.17) is 11.0 Å². The van der Waals surface area contributed by atoms with Crippen molar-refractivity contribution >= 4 is 34.1 Å². The summed E-state index contributed by atoms with van der Waals surface area (Å²) in [7, 11) is 1.80. The number of aromatic nitrogens is 4. The Kier molecular flexibility index (Phi) is 4.31. The lowest BCUT2D eigenvalue weighted by Gasteiger charge is -2.12. The molecule has 28 heavy (non-hydrogen) atoms. The summed E-state index contributed by atoms with van der Waals surface area (Å²) in [5.74, 6) is 1.28. The van der Waals surface area contributed by atoms with Crippen molar-refractivity contribution in [1.82, 2.24) is 24.6 Å². The van der Waals surface area contributed by atoms with E-state index in [2.05, 4.69) is 26.5 Å². The second kappa shape index (κ2) is 6.81. The number of anilines is 3. The van der Waals surface area contributed by atoms with Crippen LogP contribution < -0.4 is 11.1 Å². The molecule has 0 bridgehead atoms. The number of amides is 1. The normalized spacial score (nSPS) is 15.0. The molecule has 142 valence electrons. The molecule has 0 spiro atoms. The summed E-state index contributed by atoms with van der Waals surface area (Å²) >= 11 is 0. The second-order valence-electron chi connectivity index (χ2n) is 6.94. The molecule has 4 heterocycles. The van der Waals surface area contributed by atoms with E-state index in [1.165, 1.54) is 0 Å². The first-order valence-corrected chi connectivity index (χ1v) is 8.98. The Bertz CT molecular complexity index is 1110. The van der Waals surface area contributed by atoms with Gasteiger partial charge in [-0.05, 0) is 24.4 Å². The van der Waals surface area contributed by atoms with Gasteiger partial charge >= 0.3 is 0 Å². The quantitative estimate of drug-likeness (QED) is 0.713. The SMILES string of the molecule is C[C@H](C#N)c1cc2cc(Nc3cc4n(n3)CC(=O)N(C)CC4)ncc2c(N)n1. The van der Waals surface area contributed by atoms with Gasteiger partial charge in [-0.25, -0.2) is 9.97 Å². The fourth-order valence-electron chi connectivity index (χ4n) is 3.19. The van der Waals surface area contributed by atoms with Crippen LogP contribution in [0.15, 0.2) is 24.4 Å². The van der Waals surface area contributed by atoms with Gasteiger partial charge in [0, 0.05) is 43.4 Å². The van der Waals surface area contributed by atoms with Crippen molar-refractivity contribution in [2.45, 2.75) is 25.8 Å². The molecule has 1 aliphatic rings. The molecule has 9 nitrogen and oxygen atoms in total. The smallest absolute Gasteiger partial charge is 0.244 e. The van der Waals surface area contributed by atoms with Crippen molar-refractivity contribution in [3.05, 3.63) is 35.8 Å². The fraction of sp³-hybridized carbons (Fsp3) is 0.316. The zero-order valence-electron chi connectivity index (χ0n) is 15.7. The van der Waals surface area contributed by atoms with E-state index in [1.54, 1.807) is 29.7 Å². The van der Waals surface area contributed by atoms with Crippen LogP contribution in [0.25, 0.3) is 10.8 Å². The zero-order valence-corrected chi connectivity index (χ0v) is 15.7. The van der Waals surface area contributed by atoms with Crippen molar-refractivity contribution in [3.63, 3.8) is 0 Å². The highest BCUT2D eigenvalue weighted by atomic mass is 16.2. The highest BCUT2D eigenvalue weighted by molar-refractivity contribution is 5.92. The molecule has 9 heteroatoms. The van der Waals surface area contributed by atoms with Gasteiger partial charge in [0.25, 0.3) is 0 Å². The highest BCUT2D eigenvalue weighted by Gasteiger charge is 2.19. The Hall–Kier alpha value is -3.67. The number of nitrogen functional groups attached to an aromatic ring is 1. The predicted molar refractivity (Wildman–Crippen MR) is 105 cm³/mol. The van der Waals surface area contributed by atoms with E-state index < -0.39 is 0 Å². The summed E-state index contributed by atoms with van der Waals surface area (Å²) in [6.07, 6.45) is 2.40. The Morgan fingerprint density at radius 2 is 2.14 bits per heavy atom. The molecular formula is C19H20N8O. The van der Waals surface area contributed by atoms with Crippen LogP contribution in [0.2, 0.25) is 0 Å². The number of nitrogens with two attached hydrogens (primary N) is 1. The van der Waals surface area contributed by atoms with Crippen molar-refractivity contribution in [3.8, 4) is 6.07 Å². The lowest BCUT2D eigenvalue weighted by molar-refractivity contribution is -0.130. The number of carbonyl (C=O) groups excluding carboxylic acids is 1. The predicted octanol–water partition coefficient (Wildman–Crippen LogP) is 1.79. The van der Waals surface area contributed by atoms with Gasteiger partial charge in [-0.2, -0.15) is 10.4 Å². The highest BCUT2D eigenvalue weighted by Crippen LogP contribution is 2.26. The van der Waals surface area contributed by atoms with E-state index in [1.807, 2.05) is 18.2 Å². The molecule has 0 saturated heterocycles. The monoisotopic (exact) mass is 376 g/mol. The third-order valence-electron chi connectivity index (χ3n) is 4.94. The molecule has 3 N–H and O–H groups in total. The van der Waals surface area contributed by atoms with Gasteiger partial charge < -0.3 is 16.0 Å². The van der Waals surface area contributed by atoms with E-state index in [0.717, 1.165) is 22.9 Å². The number of nitrogens with one attached hydrogen (secondary N) is 1. The molecule has 3 aromatic rings. The Balaban J connectivity index is 1.64. The third-order valence-corrected chi connectivity index (χ3v) is 4.94. The molecule has 1 aliphatic heterocycles. The summed E-state index contributed by atoms with van der Waals surface area (Å²) in [4.78, 5) is 22.4. The minimum Gasteiger partial charge on any atom is -0.383 e. The average Bonchev–Trinajstić information content (AvgIpc) is 3.00. The number of rotatable bonds is 3. The van der Waals surface area contributed by atoms with Crippen molar-refractivity contribution < 1.29 is 4.79 Å². The van der Waals surface area contributed by atoms with Crippen LogP contribution in [-0.4, -0.2) is 44.1 Å². The van der Waals surface area contributed by atoms with Gasteiger partial charge in [-0.3, -0.25) is 9.48 Å². The maximum Gasteiger partial charge on any atom is 0.244 e. The standard InChI is InChI=1S/C19H20N8O/c1-11(8-20)15-5-12-6-16(22-9-14(12)19(21)23-15)24-17-7-13-3-4-26(2)18(28)10-27(13)25-17/h5-7,9,11H,3-4,10H2,1-2H3,(H2,21,23)(H,22,24,25)/t11-/m1/s1. The summed E-state index contributed by atoms with van der Waals surface area (Å²) in [6.45, 7) is 2.69. The lowest BCUT2D eigenvalue weighted by atomic mass is 10.1. The van der Waals surface area contributed by atoms with E-state index in [9.17, 15) is 4.79 Å². The summed E-state index contributed by atoms with van der Waals surface area (Å²) in [5.41, 5.74) is 7.65. The largest absolute Gasteiger partial charge is 0.383 e. The maximum atomic E-state index is 12.0. The van der Waals surface area contributed by atoms with Crippen LogP contribution >= 0.6 is 0 Å². The Labute approximate surface area is 161 Å². The van der Waals surface area contributed by atoms with Crippen LogP contribution in [0, 0.1) is 11.3 Å². The molecule has 0 radical (unpaired) electrons. The van der Waals surface area contributed by atoms with Crippen LogP contribution in [0.1, 0.15) is 24.2 Å². The number of hydrogen-bond acceptors (Lipinski definition) is 7. The van der Waals surface area contributed by atoms with Gasteiger partial charge in [0.15, 0.2) is 5.82 Å². The van der Waals surface area contributed by atoms with Crippen molar-refractivity contribution in [1.29, 1.82) is 5.26 Å². The van der Waals surface area contributed by atoms with Gasteiger partial charge in [-0.15, -0.1) is 0 Å². The van der Waals surface area contributed by atoms with Crippen LogP contribution in [0.3, 0.4) is 0 Å². The zero-order chi connectivity index (χ0) is 19.8. The van der Waals surface area contributed by atoms with Gasteiger partial charge in [0.05, 0.1) is 17.7 Å². The second-order valence-corrected chi connectivity index (χ2v) is 6.94. The molecule has 4 rings (SSSR count). The molecule has 3 aromatic heterocycles. The summed E-state index contributed by atoms with van der Waals surface area (Å²) in [6, 6.07) is 7.81. The number of likely N-dealkylation sites (N-methyl/N-ethyl adjacent to an activating group) is 1. The topological polar surface area (TPSA) is 126 Å². The first-order valence-electron chi connectivity index (χ1n) is 8.98. The van der Waals surface area contributed by atoms with Crippen molar-refractivity contribution in [2.24, 2.45) is 0 Å². The van der Waals surface area contributed by atoms with E-state index >= 15 is 0 Å². The van der Waals surface area contributed by atoms with E-state index in [0.29, 0.717) is 29.7 Å². The fourth-order valence-corrected chi connectivity index (χ4v) is 3.19. The molecular weight excluding hydrogens is 356 g/mol. The molecule has 1 atom stereocenters. The molecule has 0 unspecified atom stereocenters. The number of hydrogen-bond donors (Lipinski definition) is 2. The summed E-state index contributed by atoms with van der Waals surface area (Å²) in [5, 5.41) is 18.4. The van der Waals surface area contributed by atoms with Crippen LogP contribution in [-0.2, 0) is 17.8 Å². The van der Waals surface area contributed by atoms with Gasteiger partial charge in [0.2, 0.25) is 5.91 Å². The maximum absolute atomic E-state index is 12.0. The molecule has 0 aromatic carbocycles. The number of nitrogens with zero attached hydrogens (tertiary/aromatic N) is 6. The van der Waals surface area contributed by atoms with E-state index in [-0.39, 0.29) is 18.4 Å². The number of nitriles is 1. The number of fused-ring (bicyclic) bond motifs is 2. The summed E-state index contributed by atoms with van der Waals surface area (Å²) < 4.78 is 1.73. The Morgan fingerprint density at radius 3 is 2.93 bits per heavy atom. The van der Waals surface area contributed by atoms with Gasteiger partial charge in [0.1, 0.15) is 18.2 Å². The first-order chi connectivity index (χ1) is 13.4. The lowest BCUT2D eigenvalue weighted by Crippen LogP contribution is -2.29. The third kappa shape index (κ3) is 3.20. The van der Waals surface area contributed by atoms with Crippen LogP contribution in [0.4, 0.5) is 17.5 Å². The minimum absolute atomic E-state index is 0.0411. The number of carbonyl (C=O) groups is 1.